The Morgan fingerprint density at radius 3 is 2.57 bits per heavy atom. The third-order valence-electron chi connectivity index (χ3n) is 4.26. The summed E-state index contributed by atoms with van der Waals surface area (Å²) < 4.78 is 1.90. The van der Waals surface area contributed by atoms with Gasteiger partial charge in [0.15, 0.2) is 5.82 Å². The molecular formula is C16H23N5. The molecule has 0 amide bonds. The van der Waals surface area contributed by atoms with Gasteiger partial charge in [-0.05, 0) is 46.5 Å². The van der Waals surface area contributed by atoms with E-state index < -0.39 is 0 Å². The van der Waals surface area contributed by atoms with Crippen LogP contribution in [0.2, 0.25) is 0 Å². The Balaban J connectivity index is 2.17. The van der Waals surface area contributed by atoms with Gasteiger partial charge in [-0.25, -0.2) is 9.97 Å². The molecule has 1 aliphatic carbocycles. The highest BCUT2D eigenvalue weighted by Gasteiger charge is 2.21. The first-order valence-corrected chi connectivity index (χ1v) is 7.76. The topological polar surface area (TPSA) is 55.6 Å². The normalized spacial score (nSPS) is 14.1. The van der Waals surface area contributed by atoms with Crippen molar-refractivity contribution in [2.75, 3.05) is 11.9 Å². The van der Waals surface area contributed by atoms with Crippen LogP contribution < -0.4 is 5.32 Å². The average Bonchev–Trinajstić information content (AvgIpc) is 2.72. The number of hydrogen-bond donors (Lipinski definition) is 1. The Morgan fingerprint density at radius 2 is 1.90 bits per heavy atom. The van der Waals surface area contributed by atoms with Crippen LogP contribution in [-0.2, 0) is 19.9 Å². The molecular weight excluding hydrogens is 262 g/mol. The van der Waals surface area contributed by atoms with Gasteiger partial charge < -0.3 is 5.32 Å². The predicted octanol–water partition coefficient (Wildman–Crippen LogP) is 2.80. The van der Waals surface area contributed by atoms with Gasteiger partial charge in [-0.2, -0.15) is 5.10 Å². The summed E-state index contributed by atoms with van der Waals surface area (Å²) in [6.07, 6.45) is 4.60. The van der Waals surface area contributed by atoms with Crippen molar-refractivity contribution < 1.29 is 0 Å². The van der Waals surface area contributed by atoms with Crippen LogP contribution in [0.3, 0.4) is 0 Å². The summed E-state index contributed by atoms with van der Waals surface area (Å²) in [6, 6.07) is 0. The number of aryl methyl sites for hydroxylation is 3. The van der Waals surface area contributed by atoms with E-state index in [4.69, 9.17) is 9.97 Å². The first-order chi connectivity index (χ1) is 10.1. The van der Waals surface area contributed by atoms with Crippen LogP contribution >= 0.6 is 0 Å². The minimum Gasteiger partial charge on any atom is -0.370 e. The van der Waals surface area contributed by atoms with E-state index in [9.17, 15) is 0 Å². The molecule has 5 heteroatoms. The minimum absolute atomic E-state index is 0.815. The number of aromatic nitrogens is 4. The summed E-state index contributed by atoms with van der Waals surface area (Å²) in [4.78, 5) is 9.66. The molecule has 0 fully saturated rings. The molecule has 5 nitrogen and oxygen atoms in total. The number of rotatable bonds is 3. The highest BCUT2D eigenvalue weighted by molar-refractivity contribution is 5.64. The lowest BCUT2D eigenvalue weighted by atomic mass is 9.96. The molecule has 0 unspecified atom stereocenters. The third kappa shape index (κ3) is 2.41. The lowest BCUT2D eigenvalue weighted by Crippen LogP contribution is -2.13. The smallest absolute Gasteiger partial charge is 0.165 e. The SMILES string of the molecule is CCNc1nc(-c2c(C)nn(C)c2C)nc2c1CCCC2. The van der Waals surface area contributed by atoms with Gasteiger partial charge in [0.25, 0.3) is 0 Å². The van der Waals surface area contributed by atoms with Crippen LogP contribution in [0.15, 0.2) is 0 Å². The Labute approximate surface area is 125 Å². The molecule has 1 aliphatic rings. The van der Waals surface area contributed by atoms with Gasteiger partial charge in [-0.15, -0.1) is 0 Å². The predicted molar refractivity (Wildman–Crippen MR) is 84.5 cm³/mol. The van der Waals surface area contributed by atoms with E-state index >= 15 is 0 Å². The van der Waals surface area contributed by atoms with E-state index in [-0.39, 0.29) is 0 Å². The zero-order valence-corrected chi connectivity index (χ0v) is 13.3. The van der Waals surface area contributed by atoms with Crippen molar-refractivity contribution in [3.05, 3.63) is 22.6 Å². The maximum atomic E-state index is 4.86. The van der Waals surface area contributed by atoms with Crippen molar-refractivity contribution in [2.24, 2.45) is 7.05 Å². The van der Waals surface area contributed by atoms with Gasteiger partial charge in [0.1, 0.15) is 5.82 Å². The van der Waals surface area contributed by atoms with Crippen molar-refractivity contribution >= 4 is 5.82 Å². The number of nitrogens with one attached hydrogen (secondary N) is 1. The maximum Gasteiger partial charge on any atom is 0.165 e. The summed E-state index contributed by atoms with van der Waals surface area (Å²) in [5.41, 5.74) is 5.71. The van der Waals surface area contributed by atoms with Gasteiger partial charge >= 0.3 is 0 Å². The van der Waals surface area contributed by atoms with Gasteiger partial charge in [0, 0.05) is 30.5 Å². The maximum absolute atomic E-state index is 4.86. The molecule has 0 spiro atoms. The second-order valence-electron chi connectivity index (χ2n) is 5.73. The van der Waals surface area contributed by atoms with Gasteiger partial charge in [0.2, 0.25) is 0 Å². The molecule has 1 N–H and O–H groups in total. The summed E-state index contributed by atoms with van der Waals surface area (Å²) in [5, 5.41) is 7.90. The van der Waals surface area contributed by atoms with Gasteiger partial charge in [-0.3, -0.25) is 4.68 Å². The Bertz CT molecular complexity index is 672. The molecule has 2 heterocycles. The Morgan fingerprint density at radius 1 is 1.14 bits per heavy atom. The highest BCUT2D eigenvalue weighted by Crippen LogP contribution is 2.30. The summed E-state index contributed by atoms with van der Waals surface area (Å²) in [5.74, 6) is 1.83. The van der Waals surface area contributed by atoms with Crippen LogP contribution in [0.4, 0.5) is 5.82 Å². The van der Waals surface area contributed by atoms with Crippen LogP contribution in [0.1, 0.15) is 42.4 Å². The third-order valence-corrected chi connectivity index (χ3v) is 4.26. The molecule has 112 valence electrons. The lowest BCUT2D eigenvalue weighted by Gasteiger charge is -2.19. The fourth-order valence-corrected chi connectivity index (χ4v) is 3.12. The first kappa shape index (κ1) is 14.0. The number of anilines is 1. The van der Waals surface area contributed by atoms with Crippen LogP contribution in [-0.4, -0.2) is 26.3 Å². The van der Waals surface area contributed by atoms with E-state index in [0.717, 1.165) is 48.0 Å². The summed E-state index contributed by atoms with van der Waals surface area (Å²) in [7, 11) is 1.97. The van der Waals surface area contributed by atoms with Crippen molar-refractivity contribution in [3.8, 4) is 11.4 Å². The molecule has 2 aromatic rings. The molecule has 0 saturated carbocycles. The fraction of sp³-hybridized carbons (Fsp3) is 0.562. The summed E-state index contributed by atoms with van der Waals surface area (Å²) in [6.45, 7) is 7.09. The van der Waals surface area contributed by atoms with Crippen LogP contribution in [0.5, 0.6) is 0 Å². The summed E-state index contributed by atoms with van der Waals surface area (Å²) >= 11 is 0. The second-order valence-corrected chi connectivity index (χ2v) is 5.73. The Kier molecular flexibility index (Phi) is 3.66. The first-order valence-electron chi connectivity index (χ1n) is 7.76. The molecule has 0 aliphatic heterocycles. The zero-order chi connectivity index (χ0) is 15.0. The molecule has 0 radical (unpaired) electrons. The van der Waals surface area contributed by atoms with Crippen LogP contribution in [0.25, 0.3) is 11.4 Å². The molecule has 0 bridgehead atoms. The minimum atomic E-state index is 0.815. The largest absolute Gasteiger partial charge is 0.370 e. The van der Waals surface area contributed by atoms with E-state index in [1.54, 1.807) is 0 Å². The van der Waals surface area contributed by atoms with Crippen molar-refractivity contribution in [1.29, 1.82) is 0 Å². The number of fused-ring (bicyclic) bond motifs is 1. The van der Waals surface area contributed by atoms with Crippen molar-refractivity contribution in [2.45, 2.75) is 46.5 Å². The van der Waals surface area contributed by atoms with Crippen molar-refractivity contribution in [1.82, 2.24) is 19.7 Å². The monoisotopic (exact) mass is 285 g/mol. The fourth-order valence-electron chi connectivity index (χ4n) is 3.12. The number of hydrogen-bond acceptors (Lipinski definition) is 4. The number of nitrogens with zero attached hydrogens (tertiary/aromatic N) is 4. The Hall–Kier alpha value is -1.91. The second kappa shape index (κ2) is 5.47. The zero-order valence-electron chi connectivity index (χ0n) is 13.3. The highest BCUT2D eigenvalue weighted by atomic mass is 15.3. The molecule has 0 saturated heterocycles. The molecule has 21 heavy (non-hydrogen) atoms. The van der Waals surface area contributed by atoms with Crippen LogP contribution in [0, 0.1) is 13.8 Å². The van der Waals surface area contributed by atoms with E-state index in [0.29, 0.717) is 0 Å². The standard InChI is InChI=1S/C16H23N5/c1-5-17-15-12-8-6-7-9-13(12)18-16(19-15)14-10(2)20-21(4)11(14)3/h5-9H2,1-4H3,(H,17,18,19). The molecule has 0 aromatic carbocycles. The van der Waals surface area contributed by atoms with Gasteiger partial charge in [0.05, 0.1) is 11.3 Å². The van der Waals surface area contributed by atoms with Gasteiger partial charge in [-0.1, -0.05) is 0 Å². The van der Waals surface area contributed by atoms with E-state index in [2.05, 4.69) is 24.3 Å². The molecule has 3 rings (SSSR count). The van der Waals surface area contributed by atoms with Crippen molar-refractivity contribution in [3.63, 3.8) is 0 Å². The average molecular weight is 285 g/mol. The quantitative estimate of drug-likeness (QED) is 0.942. The van der Waals surface area contributed by atoms with E-state index in [1.165, 1.54) is 24.1 Å². The van der Waals surface area contributed by atoms with E-state index in [1.807, 2.05) is 18.7 Å². The lowest BCUT2D eigenvalue weighted by molar-refractivity contribution is 0.664. The molecule has 2 aromatic heterocycles. The molecule has 0 atom stereocenters.